The summed E-state index contributed by atoms with van der Waals surface area (Å²) in [7, 11) is 0. The van der Waals surface area contributed by atoms with Crippen molar-refractivity contribution in [1.29, 1.82) is 0 Å². The average Bonchev–Trinajstić information content (AvgIpc) is 2.59. The maximum Gasteiger partial charge on any atom is 0.220 e. The Labute approximate surface area is 141 Å². The minimum absolute atomic E-state index is 0.0482. The number of benzene rings is 2. The van der Waals surface area contributed by atoms with Crippen LogP contribution in [0, 0.1) is 0 Å². The second-order valence-corrected chi connectivity index (χ2v) is 5.98. The molecule has 0 aliphatic carbocycles. The van der Waals surface area contributed by atoms with Crippen molar-refractivity contribution >= 4 is 23.3 Å². The highest BCUT2D eigenvalue weighted by molar-refractivity contribution is 6.30. The van der Waals surface area contributed by atoms with Gasteiger partial charge in [0, 0.05) is 30.0 Å². The maximum absolute atomic E-state index is 12.0. The zero-order valence-corrected chi connectivity index (χ0v) is 13.8. The highest BCUT2D eigenvalue weighted by atomic mass is 35.5. The molecule has 1 atom stereocenters. The minimum Gasteiger partial charge on any atom is -0.355 e. The number of ketones is 1. The molecule has 0 aromatic heterocycles. The zero-order valence-electron chi connectivity index (χ0n) is 13.1. The molecule has 0 radical (unpaired) electrons. The third kappa shape index (κ3) is 5.53. The molecule has 23 heavy (non-hydrogen) atoms. The van der Waals surface area contributed by atoms with Crippen LogP contribution in [0.2, 0.25) is 5.02 Å². The van der Waals surface area contributed by atoms with Gasteiger partial charge in [-0.1, -0.05) is 48.9 Å². The van der Waals surface area contributed by atoms with Gasteiger partial charge in [0.25, 0.3) is 0 Å². The van der Waals surface area contributed by atoms with Crippen LogP contribution in [0.4, 0.5) is 0 Å². The van der Waals surface area contributed by atoms with Gasteiger partial charge < -0.3 is 5.32 Å². The molecule has 1 unspecified atom stereocenters. The van der Waals surface area contributed by atoms with E-state index in [4.69, 9.17) is 11.6 Å². The normalized spacial score (nSPS) is 11.7. The van der Waals surface area contributed by atoms with Gasteiger partial charge in [0.2, 0.25) is 5.91 Å². The van der Waals surface area contributed by atoms with Gasteiger partial charge in [0.1, 0.15) is 0 Å². The Morgan fingerprint density at radius 2 is 1.65 bits per heavy atom. The number of Topliss-reactive ketones (excluding diaryl/α,β-unsaturated/α-hetero) is 1. The van der Waals surface area contributed by atoms with E-state index in [9.17, 15) is 9.59 Å². The smallest absolute Gasteiger partial charge is 0.220 e. The lowest BCUT2D eigenvalue weighted by Crippen LogP contribution is -2.27. The summed E-state index contributed by atoms with van der Waals surface area (Å²) in [5.41, 5.74) is 1.77. The Kier molecular flexibility index (Phi) is 6.36. The van der Waals surface area contributed by atoms with Crippen LogP contribution in [0.5, 0.6) is 0 Å². The number of carbonyl (C=O) groups excluding carboxylic acids is 2. The van der Waals surface area contributed by atoms with Gasteiger partial charge in [-0.05, 0) is 35.7 Å². The van der Waals surface area contributed by atoms with E-state index in [0.29, 0.717) is 17.1 Å². The number of amides is 1. The van der Waals surface area contributed by atoms with Crippen LogP contribution in [0.1, 0.15) is 41.6 Å². The number of rotatable bonds is 7. The Bertz CT molecular complexity index is 653. The summed E-state index contributed by atoms with van der Waals surface area (Å²) < 4.78 is 0. The molecule has 0 aliphatic rings. The molecule has 0 aliphatic heterocycles. The van der Waals surface area contributed by atoms with Crippen molar-refractivity contribution in [3.8, 4) is 0 Å². The second-order valence-electron chi connectivity index (χ2n) is 5.55. The van der Waals surface area contributed by atoms with E-state index in [1.165, 1.54) is 5.56 Å². The quantitative estimate of drug-likeness (QED) is 0.773. The maximum atomic E-state index is 12.0. The van der Waals surface area contributed by atoms with E-state index in [2.05, 4.69) is 12.2 Å². The molecule has 0 heterocycles. The van der Waals surface area contributed by atoms with Crippen LogP contribution in [0.25, 0.3) is 0 Å². The van der Waals surface area contributed by atoms with Gasteiger partial charge in [-0.3, -0.25) is 9.59 Å². The molecule has 0 saturated heterocycles. The molecular formula is C19H20ClNO2. The van der Waals surface area contributed by atoms with Crippen molar-refractivity contribution in [2.24, 2.45) is 0 Å². The lowest BCUT2D eigenvalue weighted by atomic mass is 10.0. The van der Waals surface area contributed by atoms with Crippen molar-refractivity contribution in [3.05, 3.63) is 70.7 Å². The monoisotopic (exact) mass is 329 g/mol. The lowest BCUT2D eigenvalue weighted by Gasteiger charge is -2.13. The second kappa shape index (κ2) is 8.49. The van der Waals surface area contributed by atoms with Gasteiger partial charge in [0.05, 0.1) is 0 Å². The fraction of sp³-hybridized carbons (Fsp3) is 0.263. The molecule has 1 amide bonds. The van der Waals surface area contributed by atoms with Gasteiger partial charge in [-0.25, -0.2) is 0 Å². The summed E-state index contributed by atoms with van der Waals surface area (Å²) in [5.74, 6) is 0.0927. The molecule has 0 bridgehead atoms. The van der Waals surface area contributed by atoms with Crippen molar-refractivity contribution < 1.29 is 9.59 Å². The zero-order chi connectivity index (χ0) is 16.7. The predicted octanol–water partition coefficient (Wildman–Crippen LogP) is 4.22. The Morgan fingerprint density at radius 1 is 1.00 bits per heavy atom. The van der Waals surface area contributed by atoms with Crippen molar-refractivity contribution in [3.63, 3.8) is 0 Å². The van der Waals surface area contributed by atoms with Gasteiger partial charge in [-0.2, -0.15) is 0 Å². The van der Waals surface area contributed by atoms with Crippen molar-refractivity contribution in [1.82, 2.24) is 5.32 Å². The van der Waals surface area contributed by atoms with E-state index in [-0.39, 0.29) is 30.4 Å². The summed E-state index contributed by atoms with van der Waals surface area (Å²) in [6.45, 7) is 2.63. The van der Waals surface area contributed by atoms with Crippen molar-refractivity contribution in [2.75, 3.05) is 6.54 Å². The molecular weight excluding hydrogens is 310 g/mol. The molecule has 2 aromatic rings. The van der Waals surface area contributed by atoms with E-state index in [1.54, 1.807) is 24.3 Å². The van der Waals surface area contributed by atoms with Crippen LogP contribution in [-0.4, -0.2) is 18.2 Å². The summed E-state index contributed by atoms with van der Waals surface area (Å²) in [5, 5.41) is 3.48. The van der Waals surface area contributed by atoms with Gasteiger partial charge >= 0.3 is 0 Å². The summed E-state index contributed by atoms with van der Waals surface area (Å²) >= 11 is 5.79. The lowest BCUT2D eigenvalue weighted by molar-refractivity contribution is -0.121. The summed E-state index contributed by atoms with van der Waals surface area (Å²) in [6, 6.07) is 16.7. The van der Waals surface area contributed by atoms with Crippen molar-refractivity contribution in [2.45, 2.75) is 25.7 Å². The Morgan fingerprint density at radius 3 is 2.30 bits per heavy atom. The summed E-state index contributed by atoms with van der Waals surface area (Å²) in [6.07, 6.45) is 0.399. The molecule has 0 fully saturated rings. The first-order valence-corrected chi connectivity index (χ1v) is 8.04. The number of hydrogen-bond acceptors (Lipinski definition) is 2. The largest absolute Gasteiger partial charge is 0.355 e. The molecule has 120 valence electrons. The molecule has 2 aromatic carbocycles. The number of hydrogen-bond donors (Lipinski definition) is 1. The number of nitrogens with one attached hydrogen (secondary N) is 1. The molecule has 0 saturated carbocycles. The van der Waals surface area contributed by atoms with Gasteiger partial charge in [0.15, 0.2) is 5.78 Å². The Balaban J connectivity index is 1.75. The fourth-order valence-corrected chi connectivity index (χ4v) is 2.39. The first-order valence-electron chi connectivity index (χ1n) is 7.66. The highest BCUT2D eigenvalue weighted by Gasteiger charge is 2.11. The average molecular weight is 330 g/mol. The molecule has 2 rings (SSSR count). The van der Waals surface area contributed by atoms with Crippen LogP contribution < -0.4 is 5.32 Å². The van der Waals surface area contributed by atoms with Crippen LogP contribution in [0.15, 0.2) is 54.6 Å². The van der Waals surface area contributed by atoms with E-state index in [0.717, 1.165) is 0 Å². The topological polar surface area (TPSA) is 46.2 Å². The Hall–Kier alpha value is -2.13. The van der Waals surface area contributed by atoms with Crippen LogP contribution >= 0.6 is 11.6 Å². The standard InChI is InChI=1S/C19H20ClNO2/c1-14(15-5-3-2-4-6-15)13-21-19(23)12-11-18(22)16-7-9-17(20)10-8-16/h2-10,14H,11-13H2,1H3,(H,21,23). The first kappa shape index (κ1) is 17.2. The first-order chi connectivity index (χ1) is 11.1. The number of carbonyl (C=O) groups is 2. The van der Waals surface area contributed by atoms with E-state index in [1.807, 2.05) is 30.3 Å². The third-order valence-corrected chi connectivity index (χ3v) is 3.97. The molecule has 1 N–H and O–H groups in total. The highest BCUT2D eigenvalue weighted by Crippen LogP contribution is 2.14. The predicted molar refractivity (Wildman–Crippen MR) is 92.9 cm³/mol. The minimum atomic E-state index is -0.102. The molecule has 0 spiro atoms. The van der Waals surface area contributed by atoms with E-state index < -0.39 is 0 Å². The molecule has 4 heteroatoms. The van der Waals surface area contributed by atoms with Crippen LogP contribution in [0.3, 0.4) is 0 Å². The van der Waals surface area contributed by atoms with E-state index >= 15 is 0 Å². The van der Waals surface area contributed by atoms with Gasteiger partial charge in [-0.15, -0.1) is 0 Å². The number of halogens is 1. The fourth-order valence-electron chi connectivity index (χ4n) is 2.26. The SMILES string of the molecule is CC(CNC(=O)CCC(=O)c1ccc(Cl)cc1)c1ccccc1. The van der Waals surface area contributed by atoms with Crippen LogP contribution in [-0.2, 0) is 4.79 Å². The third-order valence-electron chi connectivity index (χ3n) is 3.72. The molecule has 3 nitrogen and oxygen atoms in total. The summed E-state index contributed by atoms with van der Waals surface area (Å²) in [4.78, 5) is 23.9.